The van der Waals surface area contributed by atoms with E-state index in [9.17, 15) is 14.4 Å². The number of hydrogen-bond acceptors (Lipinski definition) is 6. The molecule has 0 unspecified atom stereocenters. The lowest BCUT2D eigenvalue weighted by molar-refractivity contribution is -0.150. The first-order valence-corrected chi connectivity index (χ1v) is 9.07. The summed E-state index contributed by atoms with van der Waals surface area (Å²) in [5.41, 5.74) is 2.50. The maximum absolute atomic E-state index is 11.9. The van der Waals surface area contributed by atoms with Gasteiger partial charge in [0.25, 0.3) is 5.91 Å². The molecule has 0 aliphatic heterocycles. The Morgan fingerprint density at radius 3 is 2.28 bits per heavy atom. The summed E-state index contributed by atoms with van der Waals surface area (Å²) in [4.78, 5) is 35.5. The summed E-state index contributed by atoms with van der Waals surface area (Å²) >= 11 is 0. The molecular weight excluding hydrogens is 376 g/mol. The third-order valence-corrected chi connectivity index (χ3v) is 3.74. The standard InChI is InChI=1S/C21H24N2O6/c1-4-27-17-7-5-6-8-18(17)28-13-20(25)29-12-19(24)23-21(26)22-16-10-9-14(2)11-15(16)3/h5-11H,4,12-13H2,1-3H3,(H2,22,23,24,26). The van der Waals surface area contributed by atoms with E-state index in [1.54, 1.807) is 30.3 Å². The molecule has 2 N–H and O–H groups in total. The molecule has 3 amide bonds. The zero-order valence-corrected chi connectivity index (χ0v) is 16.6. The minimum absolute atomic E-state index is 0.392. The number of carbonyl (C=O) groups excluding carboxylic acids is 3. The van der Waals surface area contributed by atoms with Crippen LogP contribution in [0.4, 0.5) is 10.5 Å². The summed E-state index contributed by atoms with van der Waals surface area (Å²) in [5.74, 6) is -0.608. The van der Waals surface area contributed by atoms with Crippen LogP contribution in [0.1, 0.15) is 18.1 Å². The van der Waals surface area contributed by atoms with Gasteiger partial charge in [0.1, 0.15) is 0 Å². The van der Waals surface area contributed by atoms with Gasteiger partial charge in [-0.25, -0.2) is 9.59 Å². The fraction of sp³-hybridized carbons (Fsp3) is 0.286. The van der Waals surface area contributed by atoms with E-state index in [1.165, 1.54) is 0 Å². The van der Waals surface area contributed by atoms with E-state index >= 15 is 0 Å². The van der Waals surface area contributed by atoms with E-state index < -0.39 is 31.1 Å². The summed E-state index contributed by atoms with van der Waals surface area (Å²) in [7, 11) is 0. The van der Waals surface area contributed by atoms with Crippen LogP contribution in [-0.2, 0) is 14.3 Å². The van der Waals surface area contributed by atoms with Crippen LogP contribution in [0, 0.1) is 13.8 Å². The van der Waals surface area contributed by atoms with Crippen molar-refractivity contribution < 1.29 is 28.6 Å². The first-order chi connectivity index (χ1) is 13.9. The number of ether oxygens (including phenoxy) is 3. The Balaban J connectivity index is 1.74. The molecule has 2 aromatic rings. The van der Waals surface area contributed by atoms with Gasteiger partial charge < -0.3 is 19.5 Å². The van der Waals surface area contributed by atoms with E-state index in [1.807, 2.05) is 32.9 Å². The van der Waals surface area contributed by atoms with Gasteiger partial charge in [-0.2, -0.15) is 0 Å². The molecule has 0 atom stereocenters. The molecule has 0 bridgehead atoms. The molecule has 0 saturated heterocycles. The summed E-state index contributed by atoms with van der Waals surface area (Å²) < 4.78 is 15.6. The van der Waals surface area contributed by atoms with Crippen molar-refractivity contribution >= 4 is 23.6 Å². The van der Waals surface area contributed by atoms with Crippen molar-refractivity contribution in [3.8, 4) is 11.5 Å². The molecule has 0 saturated carbocycles. The van der Waals surface area contributed by atoms with Crippen molar-refractivity contribution in [2.24, 2.45) is 0 Å². The second kappa shape index (κ2) is 10.7. The number of amides is 3. The Kier molecular flexibility index (Phi) is 8.02. The van der Waals surface area contributed by atoms with Crippen LogP contribution in [0.2, 0.25) is 0 Å². The highest BCUT2D eigenvalue weighted by atomic mass is 16.6. The highest BCUT2D eigenvalue weighted by Crippen LogP contribution is 2.26. The number of nitrogens with one attached hydrogen (secondary N) is 2. The number of anilines is 1. The van der Waals surface area contributed by atoms with E-state index in [4.69, 9.17) is 14.2 Å². The maximum atomic E-state index is 11.9. The van der Waals surface area contributed by atoms with Gasteiger partial charge in [0, 0.05) is 5.69 Å². The third-order valence-electron chi connectivity index (χ3n) is 3.74. The number of esters is 1. The zero-order chi connectivity index (χ0) is 21.2. The first kappa shape index (κ1) is 21.7. The molecule has 0 heterocycles. The Bertz CT molecular complexity index is 881. The summed E-state index contributed by atoms with van der Waals surface area (Å²) in [6.07, 6.45) is 0. The van der Waals surface area contributed by atoms with Crippen molar-refractivity contribution in [2.75, 3.05) is 25.1 Å². The Morgan fingerprint density at radius 1 is 0.931 bits per heavy atom. The van der Waals surface area contributed by atoms with E-state index in [0.717, 1.165) is 11.1 Å². The number of carbonyl (C=O) groups is 3. The normalized spacial score (nSPS) is 10.0. The quantitative estimate of drug-likeness (QED) is 0.661. The van der Waals surface area contributed by atoms with Crippen molar-refractivity contribution in [3.63, 3.8) is 0 Å². The van der Waals surface area contributed by atoms with Crippen LogP contribution in [0.15, 0.2) is 42.5 Å². The maximum Gasteiger partial charge on any atom is 0.344 e. The highest BCUT2D eigenvalue weighted by Gasteiger charge is 2.13. The number of rotatable bonds is 8. The van der Waals surface area contributed by atoms with Gasteiger partial charge in [-0.05, 0) is 44.5 Å². The number of urea groups is 1. The molecule has 0 radical (unpaired) electrons. The topological polar surface area (TPSA) is 103 Å². The van der Waals surface area contributed by atoms with Crippen LogP contribution in [0.5, 0.6) is 11.5 Å². The molecule has 8 nitrogen and oxygen atoms in total. The van der Waals surface area contributed by atoms with Crippen LogP contribution in [-0.4, -0.2) is 37.7 Å². The van der Waals surface area contributed by atoms with E-state index in [-0.39, 0.29) is 0 Å². The average Bonchev–Trinajstić information content (AvgIpc) is 2.68. The minimum Gasteiger partial charge on any atom is -0.490 e. The van der Waals surface area contributed by atoms with Gasteiger partial charge in [-0.15, -0.1) is 0 Å². The molecule has 0 aliphatic rings. The molecule has 29 heavy (non-hydrogen) atoms. The highest BCUT2D eigenvalue weighted by molar-refractivity contribution is 6.02. The Hall–Kier alpha value is -3.55. The molecule has 8 heteroatoms. The van der Waals surface area contributed by atoms with Crippen molar-refractivity contribution in [2.45, 2.75) is 20.8 Å². The molecule has 0 aromatic heterocycles. The van der Waals surface area contributed by atoms with Crippen molar-refractivity contribution in [1.29, 1.82) is 0 Å². The zero-order valence-electron chi connectivity index (χ0n) is 16.6. The summed E-state index contributed by atoms with van der Waals surface area (Å²) in [6.45, 7) is 5.07. The lowest BCUT2D eigenvalue weighted by Crippen LogP contribution is -2.37. The first-order valence-electron chi connectivity index (χ1n) is 9.07. The number of hydrogen-bond donors (Lipinski definition) is 2. The summed E-state index contributed by atoms with van der Waals surface area (Å²) in [6, 6.07) is 11.7. The van der Waals surface area contributed by atoms with Crippen LogP contribution in [0.3, 0.4) is 0 Å². The van der Waals surface area contributed by atoms with Crippen molar-refractivity contribution in [3.05, 3.63) is 53.6 Å². The lowest BCUT2D eigenvalue weighted by Gasteiger charge is -2.11. The minimum atomic E-state index is -0.754. The number of benzene rings is 2. The predicted molar refractivity (Wildman–Crippen MR) is 107 cm³/mol. The van der Waals surface area contributed by atoms with E-state index in [0.29, 0.717) is 23.8 Å². The molecule has 0 aliphatic carbocycles. The largest absolute Gasteiger partial charge is 0.490 e. The third kappa shape index (κ3) is 7.17. The number of para-hydroxylation sites is 2. The SMILES string of the molecule is CCOc1ccccc1OCC(=O)OCC(=O)NC(=O)Nc1ccc(C)cc1C. The Morgan fingerprint density at radius 2 is 1.62 bits per heavy atom. The van der Waals surface area contributed by atoms with Gasteiger partial charge in [-0.1, -0.05) is 29.8 Å². The monoisotopic (exact) mass is 400 g/mol. The number of imide groups is 1. The van der Waals surface area contributed by atoms with Gasteiger partial charge in [0.2, 0.25) is 0 Å². The van der Waals surface area contributed by atoms with Crippen molar-refractivity contribution in [1.82, 2.24) is 5.32 Å². The molecule has 154 valence electrons. The summed E-state index contributed by atoms with van der Waals surface area (Å²) in [5, 5.41) is 4.67. The fourth-order valence-electron chi connectivity index (χ4n) is 2.44. The second-order valence-electron chi connectivity index (χ2n) is 6.15. The molecular formula is C21H24N2O6. The molecule has 2 aromatic carbocycles. The second-order valence-corrected chi connectivity index (χ2v) is 6.15. The molecule has 0 spiro atoms. The predicted octanol–water partition coefficient (Wildman–Crippen LogP) is 2.97. The fourth-order valence-corrected chi connectivity index (χ4v) is 2.44. The average molecular weight is 400 g/mol. The number of aryl methyl sites for hydroxylation is 2. The Labute approximate surface area is 169 Å². The van der Waals surface area contributed by atoms with Crippen LogP contribution in [0.25, 0.3) is 0 Å². The molecule has 2 rings (SSSR count). The van der Waals surface area contributed by atoms with Gasteiger partial charge in [-0.3, -0.25) is 10.1 Å². The van der Waals surface area contributed by atoms with Gasteiger partial charge in [0.05, 0.1) is 6.61 Å². The van der Waals surface area contributed by atoms with Gasteiger partial charge >= 0.3 is 12.0 Å². The van der Waals surface area contributed by atoms with Crippen LogP contribution >= 0.6 is 0 Å². The lowest BCUT2D eigenvalue weighted by atomic mass is 10.1. The van der Waals surface area contributed by atoms with Crippen LogP contribution < -0.4 is 20.1 Å². The molecule has 0 fully saturated rings. The smallest absolute Gasteiger partial charge is 0.344 e. The van der Waals surface area contributed by atoms with E-state index in [2.05, 4.69) is 10.6 Å². The van der Waals surface area contributed by atoms with Gasteiger partial charge in [0.15, 0.2) is 24.7 Å².